The highest BCUT2D eigenvalue weighted by atomic mass is 19.1. The van der Waals surface area contributed by atoms with Crippen LogP contribution in [0.5, 0.6) is 5.75 Å². The van der Waals surface area contributed by atoms with E-state index >= 15 is 0 Å². The molecule has 2 aromatic heterocycles. The summed E-state index contributed by atoms with van der Waals surface area (Å²) in [7, 11) is 0. The highest BCUT2D eigenvalue weighted by Crippen LogP contribution is 2.31. The number of benzene rings is 2. The lowest BCUT2D eigenvalue weighted by atomic mass is 10.0. The predicted molar refractivity (Wildman–Crippen MR) is 128 cm³/mol. The Bertz CT molecular complexity index is 1440. The number of hydrogen-bond acceptors (Lipinski definition) is 7. The molecule has 4 heterocycles. The number of ether oxygens (including phenoxy) is 2. The van der Waals surface area contributed by atoms with Crippen LogP contribution in [0.4, 0.5) is 10.3 Å². The van der Waals surface area contributed by atoms with E-state index in [1.165, 1.54) is 6.07 Å². The van der Waals surface area contributed by atoms with Crippen molar-refractivity contribution in [3.63, 3.8) is 0 Å². The third kappa shape index (κ3) is 3.97. The van der Waals surface area contributed by atoms with E-state index in [2.05, 4.69) is 38.8 Å². The van der Waals surface area contributed by atoms with Gasteiger partial charge in [-0.05, 0) is 23.3 Å². The Kier molecular flexibility index (Phi) is 5.52. The van der Waals surface area contributed by atoms with Crippen LogP contribution in [0.25, 0.3) is 16.8 Å². The number of nitriles is 1. The van der Waals surface area contributed by atoms with E-state index in [9.17, 15) is 9.65 Å². The van der Waals surface area contributed by atoms with Gasteiger partial charge in [0.15, 0.2) is 11.3 Å². The van der Waals surface area contributed by atoms with E-state index in [0.717, 1.165) is 41.2 Å². The number of fused-ring (bicyclic) bond motifs is 2. The monoisotopic (exact) mass is 470 g/mol. The summed E-state index contributed by atoms with van der Waals surface area (Å²) in [6.45, 7) is 3.00. The fourth-order valence-corrected chi connectivity index (χ4v) is 4.71. The Morgan fingerprint density at radius 3 is 2.89 bits per heavy atom. The maximum absolute atomic E-state index is 14.6. The summed E-state index contributed by atoms with van der Waals surface area (Å²) in [4.78, 5) is 9.10. The Morgan fingerprint density at radius 2 is 2.09 bits per heavy atom. The average Bonchev–Trinajstić information content (AvgIpc) is 3.56. The van der Waals surface area contributed by atoms with Crippen LogP contribution < -0.4 is 15.4 Å². The van der Waals surface area contributed by atoms with Crippen LogP contribution in [0.2, 0.25) is 0 Å². The highest BCUT2D eigenvalue weighted by molar-refractivity contribution is 5.78. The molecule has 9 heteroatoms. The topological polar surface area (TPSA) is 96.5 Å². The van der Waals surface area contributed by atoms with Gasteiger partial charge in [-0.2, -0.15) is 5.26 Å². The van der Waals surface area contributed by atoms with E-state index in [0.29, 0.717) is 36.8 Å². The molecular formula is C26H23FN6O2. The molecule has 2 aliphatic rings. The van der Waals surface area contributed by atoms with Crippen LogP contribution in [0.15, 0.2) is 48.8 Å². The van der Waals surface area contributed by atoms with E-state index in [-0.39, 0.29) is 24.1 Å². The SMILES string of the molecule is N#Cc1cn2c(NCc3c(F)ccc4c3CCO4)ncc(-c3ccc(C4COCCN4)cc3)c2n1. The fraction of sp³-hybridized carbons (Fsp3) is 0.269. The number of aromatic nitrogens is 3. The lowest BCUT2D eigenvalue weighted by Gasteiger charge is -2.24. The van der Waals surface area contributed by atoms with Crippen LogP contribution >= 0.6 is 0 Å². The molecule has 6 rings (SSSR count). The molecule has 1 fully saturated rings. The van der Waals surface area contributed by atoms with Gasteiger partial charge in [0.05, 0.1) is 32.1 Å². The zero-order chi connectivity index (χ0) is 23.8. The zero-order valence-corrected chi connectivity index (χ0v) is 18.9. The van der Waals surface area contributed by atoms with Crippen molar-refractivity contribution in [2.45, 2.75) is 19.0 Å². The number of nitrogens with one attached hydrogen (secondary N) is 2. The number of anilines is 1. The van der Waals surface area contributed by atoms with Crippen molar-refractivity contribution in [3.05, 3.63) is 77.0 Å². The summed E-state index contributed by atoms with van der Waals surface area (Å²) >= 11 is 0. The standard InChI is InChI=1S/C26H23FN6O2/c27-22-5-6-24-19(7-9-35-24)21(22)13-31-26-30-12-20(25-32-18(11-28)14-33(25)26)16-1-3-17(4-2-16)23-15-34-10-8-29-23/h1-6,12,14,23,29H,7-10,13,15H2,(H,30,31). The van der Waals surface area contributed by atoms with Gasteiger partial charge >= 0.3 is 0 Å². The van der Waals surface area contributed by atoms with Crippen molar-refractivity contribution in [1.82, 2.24) is 19.7 Å². The molecule has 0 spiro atoms. The maximum atomic E-state index is 14.6. The average molecular weight is 471 g/mol. The van der Waals surface area contributed by atoms with Crippen molar-refractivity contribution >= 4 is 11.6 Å². The second-order valence-electron chi connectivity index (χ2n) is 8.59. The minimum atomic E-state index is -0.282. The molecule has 1 unspecified atom stereocenters. The first-order chi connectivity index (χ1) is 17.2. The van der Waals surface area contributed by atoms with Gasteiger partial charge in [0.2, 0.25) is 5.95 Å². The van der Waals surface area contributed by atoms with Gasteiger partial charge in [-0.15, -0.1) is 0 Å². The van der Waals surface area contributed by atoms with Gasteiger partial charge < -0.3 is 20.1 Å². The summed E-state index contributed by atoms with van der Waals surface area (Å²) in [5.74, 6) is 0.925. The van der Waals surface area contributed by atoms with Crippen LogP contribution in [-0.2, 0) is 17.7 Å². The molecule has 2 aliphatic heterocycles. The van der Waals surface area contributed by atoms with Crippen molar-refractivity contribution < 1.29 is 13.9 Å². The summed E-state index contributed by atoms with van der Waals surface area (Å²) < 4.78 is 27.5. The van der Waals surface area contributed by atoms with Gasteiger partial charge in [-0.25, -0.2) is 14.4 Å². The molecule has 2 aromatic carbocycles. The van der Waals surface area contributed by atoms with Crippen molar-refractivity contribution in [2.75, 3.05) is 31.7 Å². The molecule has 0 amide bonds. The first-order valence-electron chi connectivity index (χ1n) is 11.6. The second kappa shape index (κ2) is 8.98. The molecule has 0 aliphatic carbocycles. The van der Waals surface area contributed by atoms with Crippen LogP contribution in [0, 0.1) is 17.1 Å². The lowest BCUT2D eigenvalue weighted by Crippen LogP contribution is -2.34. The number of halogens is 1. The zero-order valence-electron chi connectivity index (χ0n) is 18.9. The summed E-state index contributed by atoms with van der Waals surface area (Å²) in [6, 6.07) is 13.6. The molecule has 8 nitrogen and oxygen atoms in total. The molecule has 2 N–H and O–H groups in total. The van der Waals surface area contributed by atoms with Crippen LogP contribution in [0.3, 0.4) is 0 Å². The van der Waals surface area contributed by atoms with Gasteiger partial charge in [0, 0.05) is 42.4 Å². The minimum Gasteiger partial charge on any atom is -0.493 e. The Balaban J connectivity index is 1.32. The Hall–Kier alpha value is -4.00. The van der Waals surface area contributed by atoms with Gasteiger partial charge in [-0.1, -0.05) is 24.3 Å². The maximum Gasteiger partial charge on any atom is 0.208 e. The van der Waals surface area contributed by atoms with E-state index in [4.69, 9.17) is 9.47 Å². The smallest absolute Gasteiger partial charge is 0.208 e. The lowest BCUT2D eigenvalue weighted by molar-refractivity contribution is 0.0769. The van der Waals surface area contributed by atoms with Crippen molar-refractivity contribution in [1.29, 1.82) is 5.26 Å². The quantitative estimate of drug-likeness (QED) is 0.460. The molecule has 1 atom stereocenters. The molecule has 35 heavy (non-hydrogen) atoms. The van der Waals surface area contributed by atoms with Gasteiger partial charge in [-0.3, -0.25) is 4.40 Å². The number of morpholine rings is 1. The number of rotatable bonds is 5. The fourth-order valence-electron chi connectivity index (χ4n) is 4.71. The molecule has 0 saturated carbocycles. The summed E-state index contributed by atoms with van der Waals surface area (Å²) in [5, 5.41) is 16.2. The number of hydrogen-bond donors (Lipinski definition) is 2. The molecule has 0 radical (unpaired) electrons. The largest absolute Gasteiger partial charge is 0.493 e. The minimum absolute atomic E-state index is 0.171. The molecular weight excluding hydrogens is 447 g/mol. The molecule has 176 valence electrons. The first kappa shape index (κ1) is 21.5. The van der Waals surface area contributed by atoms with E-state index in [1.54, 1.807) is 22.9 Å². The normalized spacial score (nSPS) is 17.1. The Morgan fingerprint density at radius 1 is 1.20 bits per heavy atom. The van der Waals surface area contributed by atoms with Crippen LogP contribution in [-0.4, -0.2) is 40.7 Å². The highest BCUT2D eigenvalue weighted by Gasteiger charge is 2.21. The van der Waals surface area contributed by atoms with Crippen LogP contribution in [0.1, 0.15) is 28.4 Å². The van der Waals surface area contributed by atoms with Gasteiger partial charge in [0.1, 0.15) is 17.6 Å². The van der Waals surface area contributed by atoms with Gasteiger partial charge in [0.25, 0.3) is 0 Å². The third-order valence-electron chi connectivity index (χ3n) is 6.52. The van der Waals surface area contributed by atoms with Crippen molar-refractivity contribution in [3.8, 4) is 22.9 Å². The van der Waals surface area contributed by atoms with Crippen molar-refractivity contribution in [2.24, 2.45) is 0 Å². The molecule has 1 saturated heterocycles. The summed E-state index contributed by atoms with van der Waals surface area (Å²) in [6.07, 6.45) is 4.05. The number of imidazole rings is 1. The van der Waals surface area contributed by atoms with E-state index < -0.39 is 0 Å². The third-order valence-corrected chi connectivity index (χ3v) is 6.52. The second-order valence-corrected chi connectivity index (χ2v) is 8.59. The summed E-state index contributed by atoms with van der Waals surface area (Å²) in [5.41, 5.74) is 5.22. The Labute approximate surface area is 201 Å². The molecule has 4 aromatic rings. The number of nitrogens with zero attached hydrogens (tertiary/aromatic N) is 4. The molecule has 0 bridgehead atoms. The first-order valence-corrected chi connectivity index (χ1v) is 11.6. The van der Waals surface area contributed by atoms with E-state index in [1.807, 2.05) is 12.1 Å². The predicted octanol–water partition coefficient (Wildman–Crippen LogP) is 3.61.